The van der Waals surface area contributed by atoms with Crippen molar-refractivity contribution in [1.82, 2.24) is 4.90 Å². The van der Waals surface area contributed by atoms with Crippen LogP contribution >= 0.6 is 0 Å². The molecule has 1 aromatic rings. The number of primary amides is 1. The Bertz CT molecular complexity index is 566. The summed E-state index contributed by atoms with van der Waals surface area (Å²) in [7, 11) is 3.19. The standard InChI is InChI=1S/C17H24N2O4/c1-22-14-5-3-12(11-15(14)23-2)4-6-16(20)19-9-7-13(8-10-19)17(18)21/h3,5,11,13H,4,6-10H2,1-2H3,(H2,18,21). The topological polar surface area (TPSA) is 81.9 Å². The summed E-state index contributed by atoms with van der Waals surface area (Å²) in [4.78, 5) is 25.2. The van der Waals surface area contributed by atoms with Gasteiger partial charge in [-0.05, 0) is 37.0 Å². The zero-order chi connectivity index (χ0) is 16.8. The number of hydrogen-bond acceptors (Lipinski definition) is 4. The lowest BCUT2D eigenvalue weighted by molar-refractivity contribution is -0.134. The van der Waals surface area contributed by atoms with Crippen molar-refractivity contribution in [2.75, 3.05) is 27.3 Å². The Labute approximate surface area is 136 Å². The van der Waals surface area contributed by atoms with Gasteiger partial charge in [0.2, 0.25) is 11.8 Å². The van der Waals surface area contributed by atoms with Gasteiger partial charge in [0.25, 0.3) is 0 Å². The summed E-state index contributed by atoms with van der Waals surface area (Å²) in [6, 6.07) is 5.68. The maximum absolute atomic E-state index is 12.3. The molecule has 1 aliphatic rings. The average molecular weight is 320 g/mol. The largest absolute Gasteiger partial charge is 0.493 e. The summed E-state index contributed by atoms with van der Waals surface area (Å²) in [5.41, 5.74) is 6.34. The maximum Gasteiger partial charge on any atom is 0.222 e. The third kappa shape index (κ3) is 4.37. The van der Waals surface area contributed by atoms with Crippen LogP contribution in [0.1, 0.15) is 24.8 Å². The first-order valence-electron chi connectivity index (χ1n) is 7.83. The predicted molar refractivity (Wildman–Crippen MR) is 86.4 cm³/mol. The van der Waals surface area contributed by atoms with E-state index < -0.39 is 0 Å². The van der Waals surface area contributed by atoms with Gasteiger partial charge in [-0.25, -0.2) is 0 Å². The second-order valence-electron chi connectivity index (χ2n) is 5.75. The number of aryl methyl sites for hydroxylation is 1. The van der Waals surface area contributed by atoms with E-state index in [1.165, 1.54) is 0 Å². The van der Waals surface area contributed by atoms with E-state index >= 15 is 0 Å². The second-order valence-corrected chi connectivity index (χ2v) is 5.75. The molecule has 2 N–H and O–H groups in total. The highest BCUT2D eigenvalue weighted by molar-refractivity contribution is 5.79. The number of carbonyl (C=O) groups is 2. The van der Waals surface area contributed by atoms with Gasteiger partial charge in [-0.15, -0.1) is 0 Å². The van der Waals surface area contributed by atoms with E-state index in [9.17, 15) is 9.59 Å². The molecule has 0 aliphatic carbocycles. The van der Waals surface area contributed by atoms with Crippen LogP contribution in [0.25, 0.3) is 0 Å². The monoisotopic (exact) mass is 320 g/mol. The van der Waals surface area contributed by atoms with Gasteiger partial charge in [-0.2, -0.15) is 0 Å². The van der Waals surface area contributed by atoms with Crippen LogP contribution in [0, 0.1) is 5.92 Å². The number of hydrogen-bond donors (Lipinski definition) is 1. The van der Waals surface area contributed by atoms with Crippen molar-refractivity contribution in [2.45, 2.75) is 25.7 Å². The number of ether oxygens (including phenoxy) is 2. The van der Waals surface area contributed by atoms with Gasteiger partial charge in [0.15, 0.2) is 11.5 Å². The van der Waals surface area contributed by atoms with E-state index in [0.717, 1.165) is 5.56 Å². The molecule has 6 nitrogen and oxygen atoms in total. The minimum Gasteiger partial charge on any atom is -0.493 e. The molecule has 0 unspecified atom stereocenters. The fourth-order valence-electron chi connectivity index (χ4n) is 2.86. The number of nitrogens with two attached hydrogens (primary N) is 1. The smallest absolute Gasteiger partial charge is 0.222 e. The summed E-state index contributed by atoms with van der Waals surface area (Å²) < 4.78 is 10.5. The Balaban J connectivity index is 1.86. The Kier molecular flexibility index (Phi) is 5.84. The molecule has 2 rings (SSSR count). The number of carbonyl (C=O) groups excluding carboxylic acids is 2. The lowest BCUT2D eigenvalue weighted by Crippen LogP contribution is -2.41. The molecular formula is C17H24N2O4. The molecule has 1 fully saturated rings. The normalized spacial score (nSPS) is 15.3. The first-order valence-corrected chi connectivity index (χ1v) is 7.83. The highest BCUT2D eigenvalue weighted by Gasteiger charge is 2.25. The Hall–Kier alpha value is -2.24. The van der Waals surface area contributed by atoms with Crippen LogP contribution < -0.4 is 15.2 Å². The third-order valence-electron chi connectivity index (χ3n) is 4.33. The number of nitrogens with zero attached hydrogens (tertiary/aromatic N) is 1. The van der Waals surface area contributed by atoms with Gasteiger partial charge >= 0.3 is 0 Å². The molecule has 1 aromatic carbocycles. The Morgan fingerprint density at radius 1 is 1.17 bits per heavy atom. The molecule has 0 bridgehead atoms. The highest BCUT2D eigenvalue weighted by Crippen LogP contribution is 2.28. The predicted octanol–water partition coefficient (Wildman–Crippen LogP) is 1.36. The minimum absolute atomic E-state index is 0.0927. The zero-order valence-electron chi connectivity index (χ0n) is 13.7. The SMILES string of the molecule is COc1ccc(CCC(=O)N2CCC(C(N)=O)CC2)cc1OC. The zero-order valence-corrected chi connectivity index (χ0v) is 13.7. The number of methoxy groups -OCH3 is 2. The number of amides is 2. The van der Waals surface area contributed by atoms with Gasteiger partial charge in [0.1, 0.15) is 0 Å². The number of piperidine rings is 1. The van der Waals surface area contributed by atoms with Crippen LogP contribution in [-0.4, -0.2) is 44.0 Å². The Morgan fingerprint density at radius 3 is 2.39 bits per heavy atom. The first kappa shape index (κ1) is 17.1. The van der Waals surface area contributed by atoms with Crippen LogP contribution in [0.2, 0.25) is 0 Å². The van der Waals surface area contributed by atoms with E-state index in [4.69, 9.17) is 15.2 Å². The summed E-state index contributed by atoms with van der Waals surface area (Å²) in [5, 5.41) is 0. The van der Waals surface area contributed by atoms with Gasteiger partial charge in [-0.3, -0.25) is 9.59 Å². The van der Waals surface area contributed by atoms with Crippen LogP contribution in [0.4, 0.5) is 0 Å². The molecule has 126 valence electrons. The quantitative estimate of drug-likeness (QED) is 0.858. The highest BCUT2D eigenvalue weighted by atomic mass is 16.5. The van der Waals surface area contributed by atoms with Gasteiger partial charge < -0.3 is 20.1 Å². The summed E-state index contributed by atoms with van der Waals surface area (Å²) >= 11 is 0. The lowest BCUT2D eigenvalue weighted by Gasteiger charge is -2.30. The molecular weight excluding hydrogens is 296 g/mol. The fourth-order valence-corrected chi connectivity index (χ4v) is 2.86. The Morgan fingerprint density at radius 2 is 1.83 bits per heavy atom. The van der Waals surface area contributed by atoms with Crippen molar-refractivity contribution in [1.29, 1.82) is 0 Å². The molecule has 0 aromatic heterocycles. The van der Waals surface area contributed by atoms with Gasteiger partial charge in [-0.1, -0.05) is 6.07 Å². The molecule has 1 heterocycles. The first-order chi connectivity index (χ1) is 11.0. The molecule has 6 heteroatoms. The molecule has 0 saturated carbocycles. The van der Waals surface area contributed by atoms with Crippen molar-refractivity contribution in [2.24, 2.45) is 11.7 Å². The van der Waals surface area contributed by atoms with Gasteiger partial charge in [0, 0.05) is 25.4 Å². The minimum atomic E-state index is -0.262. The summed E-state index contributed by atoms with van der Waals surface area (Å²) in [5.74, 6) is 1.10. The average Bonchev–Trinajstić information content (AvgIpc) is 2.59. The summed E-state index contributed by atoms with van der Waals surface area (Å²) in [6.45, 7) is 1.22. The molecule has 1 saturated heterocycles. The van der Waals surface area contributed by atoms with Crippen molar-refractivity contribution < 1.29 is 19.1 Å². The van der Waals surface area contributed by atoms with E-state index in [2.05, 4.69) is 0 Å². The van der Waals surface area contributed by atoms with Gasteiger partial charge in [0.05, 0.1) is 14.2 Å². The molecule has 2 amide bonds. The van der Waals surface area contributed by atoms with E-state index in [1.54, 1.807) is 14.2 Å². The van der Waals surface area contributed by atoms with Crippen molar-refractivity contribution in [3.63, 3.8) is 0 Å². The molecule has 0 spiro atoms. The molecule has 23 heavy (non-hydrogen) atoms. The lowest BCUT2D eigenvalue weighted by atomic mass is 9.96. The third-order valence-corrected chi connectivity index (χ3v) is 4.33. The molecule has 0 radical (unpaired) electrons. The fraction of sp³-hybridized carbons (Fsp3) is 0.529. The van der Waals surface area contributed by atoms with Crippen LogP contribution in [0.3, 0.4) is 0 Å². The molecule has 0 atom stereocenters. The van der Waals surface area contributed by atoms with E-state index in [1.807, 2.05) is 23.1 Å². The maximum atomic E-state index is 12.3. The number of likely N-dealkylation sites (tertiary alicyclic amines) is 1. The number of rotatable bonds is 6. The van der Waals surface area contributed by atoms with Crippen LogP contribution in [0.15, 0.2) is 18.2 Å². The van der Waals surface area contributed by atoms with E-state index in [0.29, 0.717) is 50.3 Å². The molecule has 1 aliphatic heterocycles. The second kappa shape index (κ2) is 7.85. The number of benzene rings is 1. The van der Waals surface area contributed by atoms with Crippen molar-refractivity contribution in [3.05, 3.63) is 23.8 Å². The van der Waals surface area contributed by atoms with Crippen molar-refractivity contribution >= 4 is 11.8 Å². The van der Waals surface area contributed by atoms with Crippen LogP contribution in [-0.2, 0) is 16.0 Å². The van der Waals surface area contributed by atoms with Crippen molar-refractivity contribution in [3.8, 4) is 11.5 Å². The van der Waals surface area contributed by atoms with Crippen LogP contribution in [0.5, 0.6) is 11.5 Å². The van der Waals surface area contributed by atoms with E-state index in [-0.39, 0.29) is 17.7 Å². The summed E-state index contributed by atoms with van der Waals surface area (Å²) in [6.07, 6.45) is 2.42.